The molecule has 3 saturated heterocycles. The molecule has 0 aromatic rings. The molecular weight excluding hydrogens is 637 g/mol. The predicted octanol–water partition coefficient (Wildman–Crippen LogP) is 3.50. The van der Waals surface area contributed by atoms with Crippen molar-refractivity contribution in [3.05, 3.63) is 0 Å². The molecule has 9 rings (SSSR count). The highest BCUT2D eigenvalue weighted by molar-refractivity contribution is 8.00. The maximum atomic E-state index is 11.8. The van der Waals surface area contributed by atoms with Gasteiger partial charge >= 0.3 is 0 Å². The number of nitrogens with one attached hydrogen (secondary N) is 4. The lowest BCUT2D eigenvalue weighted by Gasteiger charge is -2.52. The van der Waals surface area contributed by atoms with E-state index in [1.807, 2.05) is 0 Å². The summed E-state index contributed by atoms with van der Waals surface area (Å²) >= 11 is 2.13. The van der Waals surface area contributed by atoms with Gasteiger partial charge in [0, 0.05) is 59.4 Å². The van der Waals surface area contributed by atoms with Gasteiger partial charge in [0.2, 0.25) is 0 Å². The summed E-state index contributed by atoms with van der Waals surface area (Å²) in [5, 5.41) is 46.4. The standard InChI is InChI=1S/C38H66N6O4S/c45-32-19-22(13-16-25(32)37-39-29-9-3-5-11-35(29)48-37)43(23-14-17-26(33(46)20-23)38-40-30-10-4-6-12-36(30)49-38)24-15-18-31(34(47)21-24)44-41-27-7-1-2-8-28(27)42-44/h22-42,45-47H,1-21H2. The van der Waals surface area contributed by atoms with E-state index in [9.17, 15) is 15.3 Å². The predicted molar refractivity (Wildman–Crippen MR) is 192 cm³/mol. The van der Waals surface area contributed by atoms with Crippen molar-refractivity contribution in [1.29, 1.82) is 0 Å². The van der Waals surface area contributed by atoms with E-state index in [-0.39, 0.29) is 42.4 Å². The van der Waals surface area contributed by atoms with Gasteiger partial charge in [0.05, 0.1) is 35.8 Å². The third-order valence-corrected chi connectivity index (χ3v) is 16.7. The summed E-state index contributed by atoms with van der Waals surface area (Å²) in [7, 11) is 0. The van der Waals surface area contributed by atoms with Crippen LogP contribution in [0.2, 0.25) is 0 Å². The number of aliphatic hydroxyl groups excluding tert-OH is 3. The molecule has 6 saturated carbocycles. The fraction of sp³-hybridized carbons (Fsp3) is 1.00. The SMILES string of the molecule is OC1CC(N(C2CCC(C3NC4CCCCC4S3)C(O)C2)C2CCC(N3NC4CCCCC4N3)C(O)C2)CCC1C1NC2CCCCC2O1. The van der Waals surface area contributed by atoms with Gasteiger partial charge in [-0.2, -0.15) is 5.12 Å². The first-order chi connectivity index (χ1) is 24.0. The first-order valence-corrected chi connectivity index (χ1v) is 21.9. The van der Waals surface area contributed by atoms with Crippen LogP contribution in [0.15, 0.2) is 0 Å². The van der Waals surface area contributed by atoms with Crippen molar-refractivity contribution in [2.45, 2.75) is 224 Å². The molecule has 9 aliphatic rings. The largest absolute Gasteiger partial charge is 0.393 e. The van der Waals surface area contributed by atoms with E-state index in [4.69, 9.17) is 4.74 Å². The van der Waals surface area contributed by atoms with Crippen LogP contribution in [0, 0.1) is 11.8 Å². The zero-order chi connectivity index (χ0) is 33.1. The zero-order valence-corrected chi connectivity index (χ0v) is 30.5. The van der Waals surface area contributed by atoms with Crippen LogP contribution in [-0.4, -0.2) is 115 Å². The van der Waals surface area contributed by atoms with E-state index in [2.05, 4.69) is 43.3 Å². The third-order valence-electron chi connectivity index (χ3n) is 15.0. The highest BCUT2D eigenvalue weighted by atomic mass is 32.2. The van der Waals surface area contributed by atoms with Crippen molar-refractivity contribution in [3.8, 4) is 0 Å². The average molecular weight is 703 g/mol. The lowest BCUT2D eigenvalue weighted by atomic mass is 9.76. The number of thioether (sulfide) groups is 1. The number of nitrogens with zero attached hydrogens (tertiary/aromatic N) is 2. The van der Waals surface area contributed by atoms with Gasteiger partial charge in [-0.25, -0.2) is 10.9 Å². The van der Waals surface area contributed by atoms with Crippen LogP contribution in [-0.2, 0) is 4.74 Å². The van der Waals surface area contributed by atoms with Crippen LogP contribution < -0.4 is 21.5 Å². The Bertz CT molecular complexity index is 951. The summed E-state index contributed by atoms with van der Waals surface area (Å²) in [6.45, 7) is 0. The molecule has 10 nitrogen and oxygen atoms in total. The number of ether oxygens (including phenoxy) is 1. The number of aliphatic hydroxyl groups is 3. The minimum atomic E-state index is -0.411. The molecule has 0 aromatic heterocycles. The van der Waals surface area contributed by atoms with Crippen molar-refractivity contribution in [1.82, 2.24) is 31.5 Å². The monoisotopic (exact) mass is 702 g/mol. The second kappa shape index (κ2) is 15.0. The molecule has 9 fully saturated rings. The fourth-order valence-electron chi connectivity index (χ4n) is 12.4. The summed E-state index contributed by atoms with van der Waals surface area (Å²) in [6, 6.07) is 2.96. The van der Waals surface area contributed by atoms with Gasteiger partial charge in [-0.1, -0.05) is 38.5 Å². The van der Waals surface area contributed by atoms with Gasteiger partial charge in [-0.3, -0.25) is 10.2 Å². The number of hydrazine groups is 2. The minimum Gasteiger partial charge on any atom is -0.393 e. The average Bonchev–Trinajstić information content (AvgIpc) is 3.85. The maximum Gasteiger partial charge on any atom is 0.114 e. The molecule has 7 N–H and O–H groups in total. The molecule has 17 atom stereocenters. The first-order valence-electron chi connectivity index (χ1n) is 20.9. The highest BCUT2D eigenvalue weighted by Crippen LogP contribution is 2.46. The molecule has 6 aliphatic carbocycles. The van der Waals surface area contributed by atoms with Crippen LogP contribution in [0.1, 0.15) is 135 Å². The first kappa shape index (κ1) is 34.7. The van der Waals surface area contributed by atoms with Crippen molar-refractivity contribution in [3.63, 3.8) is 0 Å². The fourth-order valence-corrected chi connectivity index (χ4v) is 14.2. The van der Waals surface area contributed by atoms with Gasteiger partial charge in [-0.05, 0) is 96.3 Å². The van der Waals surface area contributed by atoms with Gasteiger partial charge in [0.25, 0.3) is 0 Å². The number of hydrogen-bond acceptors (Lipinski definition) is 11. The Kier molecular flexibility index (Phi) is 10.6. The van der Waals surface area contributed by atoms with Crippen LogP contribution in [0.4, 0.5) is 0 Å². The Labute approximate surface area is 298 Å². The molecule has 0 radical (unpaired) electrons. The van der Waals surface area contributed by atoms with Gasteiger partial charge in [-0.15, -0.1) is 11.8 Å². The highest BCUT2D eigenvalue weighted by Gasteiger charge is 2.50. The topological polar surface area (TPSA) is 125 Å². The molecule has 0 amide bonds. The Hall–Kier alpha value is -0.0500. The summed E-state index contributed by atoms with van der Waals surface area (Å²) in [6.07, 6.45) is 22.8. The van der Waals surface area contributed by atoms with Crippen molar-refractivity contribution in [2.75, 3.05) is 0 Å². The number of rotatable bonds is 6. The summed E-state index contributed by atoms with van der Waals surface area (Å²) < 4.78 is 6.55. The van der Waals surface area contributed by atoms with Gasteiger partial charge in [0.1, 0.15) is 6.23 Å². The van der Waals surface area contributed by atoms with Crippen LogP contribution in [0.25, 0.3) is 0 Å². The van der Waals surface area contributed by atoms with Gasteiger partial charge < -0.3 is 25.4 Å². The molecule has 3 heterocycles. The molecule has 11 heteroatoms. The Balaban J connectivity index is 0.882. The van der Waals surface area contributed by atoms with Crippen LogP contribution in [0.5, 0.6) is 0 Å². The normalized spacial score (nSPS) is 52.5. The smallest absolute Gasteiger partial charge is 0.114 e. The van der Waals surface area contributed by atoms with Crippen LogP contribution >= 0.6 is 11.8 Å². The molecule has 17 unspecified atom stereocenters. The summed E-state index contributed by atoms with van der Waals surface area (Å²) in [5.41, 5.74) is 7.46. The summed E-state index contributed by atoms with van der Waals surface area (Å²) in [5.74, 6) is 0.442. The molecule has 0 spiro atoms. The van der Waals surface area contributed by atoms with E-state index < -0.39 is 12.2 Å². The molecule has 0 aromatic carbocycles. The molecule has 0 bridgehead atoms. The molecule has 3 aliphatic heterocycles. The second-order valence-electron chi connectivity index (χ2n) is 17.9. The second-order valence-corrected chi connectivity index (χ2v) is 19.3. The Morgan fingerprint density at radius 3 is 1.76 bits per heavy atom. The molecule has 278 valence electrons. The van der Waals surface area contributed by atoms with Crippen molar-refractivity contribution < 1.29 is 20.1 Å². The lowest BCUT2D eigenvalue weighted by molar-refractivity contribution is -0.103. The molecular formula is C38H66N6O4S. The maximum absolute atomic E-state index is 11.8. The minimum absolute atomic E-state index is 0.0312. The summed E-state index contributed by atoms with van der Waals surface area (Å²) in [4.78, 5) is 2.75. The van der Waals surface area contributed by atoms with E-state index in [1.54, 1.807) is 0 Å². The van der Waals surface area contributed by atoms with Crippen molar-refractivity contribution >= 4 is 11.8 Å². The quantitative estimate of drug-likeness (QED) is 0.220. The number of fused-ring (bicyclic) bond motifs is 3. The van der Waals surface area contributed by atoms with Gasteiger partial charge in [0.15, 0.2) is 0 Å². The number of hydrogen-bond donors (Lipinski definition) is 7. The lowest BCUT2D eigenvalue weighted by Crippen LogP contribution is -2.61. The van der Waals surface area contributed by atoms with E-state index in [1.165, 1.54) is 70.6 Å². The van der Waals surface area contributed by atoms with E-state index in [0.717, 1.165) is 69.5 Å². The van der Waals surface area contributed by atoms with Crippen molar-refractivity contribution in [2.24, 2.45) is 11.8 Å². The Morgan fingerprint density at radius 1 is 0.551 bits per heavy atom. The third kappa shape index (κ3) is 7.04. The van der Waals surface area contributed by atoms with E-state index >= 15 is 0 Å². The Morgan fingerprint density at radius 2 is 1.12 bits per heavy atom. The van der Waals surface area contributed by atoms with E-state index in [0.29, 0.717) is 41.6 Å². The van der Waals surface area contributed by atoms with Crippen LogP contribution in [0.3, 0.4) is 0 Å². The zero-order valence-electron chi connectivity index (χ0n) is 29.7. The molecule has 49 heavy (non-hydrogen) atoms.